The van der Waals surface area contributed by atoms with Crippen molar-refractivity contribution in [1.29, 1.82) is 0 Å². The predicted molar refractivity (Wildman–Crippen MR) is 76.0 cm³/mol. The zero-order chi connectivity index (χ0) is 13.2. The summed E-state index contributed by atoms with van der Waals surface area (Å²) in [6.45, 7) is 6.95. The van der Waals surface area contributed by atoms with Gasteiger partial charge in [-0.25, -0.2) is 4.98 Å². The minimum atomic E-state index is 0.145. The molecule has 3 rings (SSSR count). The molecule has 1 aromatic heterocycles. The Labute approximate surface area is 115 Å². The summed E-state index contributed by atoms with van der Waals surface area (Å²) in [4.78, 5) is 9.67. The van der Waals surface area contributed by atoms with E-state index in [-0.39, 0.29) is 6.04 Å². The molecule has 106 valence electrons. The fourth-order valence-electron chi connectivity index (χ4n) is 3.04. The van der Waals surface area contributed by atoms with Crippen molar-refractivity contribution in [1.82, 2.24) is 19.4 Å². The molecule has 2 N–H and O–H groups in total. The molecular weight excluding hydrogens is 238 g/mol. The molecular formula is C14H25N5. The molecule has 1 fully saturated rings. The van der Waals surface area contributed by atoms with E-state index < -0.39 is 0 Å². The van der Waals surface area contributed by atoms with Crippen LogP contribution in [0.2, 0.25) is 0 Å². The van der Waals surface area contributed by atoms with Crippen LogP contribution in [0.5, 0.6) is 0 Å². The molecule has 1 atom stereocenters. The van der Waals surface area contributed by atoms with Crippen molar-refractivity contribution in [3.8, 4) is 0 Å². The third kappa shape index (κ3) is 2.99. The average Bonchev–Trinajstić information content (AvgIpc) is 2.83. The van der Waals surface area contributed by atoms with Crippen LogP contribution >= 0.6 is 0 Å². The van der Waals surface area contributed by atoms with Gasteiger partial charge in [-0.2, -0.15) is 0 Å². The Bertz CT molecular complexity index is 419. The van der Waals surface area contributed by atoms with Gasteiger partial charge in [0, 0.05) is 51.9 Å². The molecule has 0 aromatic carbocycles. The number of aryl methyl sites for hydroxylation is 1. The van der Waals surface area contributed by atoms with Crippen molar-refractivity contribution >= 4 is 0 Å². The van der Waals surface area contributed by atoms with Crippen LogP contribution in [-0.4, -0.2) is 59.1 Å². The highest BCUT2D eigenvalue weighted by Gasteiger charge is 2.20. The largest absolute Gasteiger partial charge is 0.333 e. The van der Waals surface area contributed by atoms with E-state index in [9.17, 15) is 0 Å². The Hall–Kier alpha value is -0.910. The molecule has 2 aliphatic heterocycles. The van der Waals surface area contributed by atoms with Gasteiger partial charge < -0.3 is 20.1 Å². The lowest BCUT2D eigenvalue weighted by atomic mass is 10.1. The van der Waals surface area contributed by atoms with Gasteiger partial charge in [0.05, 0.1) is 11.7 Å². The van der Waals surface area contributed by atoms with Gasteiger partial charge in [-0.1, -0.05) is 0 Å². The molecule has 1 saturated heterocycles. The van der Waals surface area contributed by atoms with Crippen LogP contribution in [0.25, 0.3) is 0 Å². The highest BCUT2D eigenvalue weighted by atomic mass is 15.2. The van der Waals surface area contributed by atoms with Gasteiger partial charge in [-0.3, -0.25) is 0 Å². The van der Waals surface area contributed by atoms with Crippen molar-refractivity contribution in [3.63, 3.8) is 0 Å². The summed E-state index contributed by atoms with van der Waals surface area (Å²) in [6.07, 6.45) is 5.53. The molecule has 3 heterocycles. The van der Waals surface area contributed by atoms with Crippen LogP contribution in [0.15, 0.2) is 6.20 Å². The van der Waals surface area contributed by atoms with Crippen molar-refractivity contribution in [2.75, 3.05) is 39.8 Å². The Kier molecular flexibility index (Phi) is 3.86. The molecule has 0 amide bonds. The number of nitrogens with two attached hydrogens (primary N) is 1. The predicted octanol–water partition coefficient (Wildman–Crippen LogP) is 0.467. The second-order valence-corrected chi connectivity index (χ2v) is 5.93. The summed E-state index contributed by atoms with van der Waals surface area (Å²) < 4.78 is 2.26. The van der Waals surface area contributed by atoms with Crippen LogP contribution < -0.4 is 5.73 Å². The lowest BCUT2D eigenvalue weighted by Gasteiger charge is -2.32. The van der Waals surface area contributed by atoms with Crippen LogP contribution in [0.1, 0.15) is 30.4 Å². The SMILES string of the molecule is CN1CCN(CCc2cn3c(n2)C(N)CCC3)CC1. The van der Waals surface area contributed by atoms with Crippen molar-refractivity contribution in [2.24, 2.45) is 5.73 Å². The maximum Gasteiger partial charge on any atom is 0.125 e. The van der Waals surface area contributed by atoms with E-state index >= 15 is 0 Å². The molecule has 5 nitrogen and oxygen atoms in total. The monoisotopic (exact) mass is 263 g/mol. The third-order valence-corrected chi connectivity index (χ3v) is 4.38. The first kappa shape index (κ1) is 13.1. The molecule has 0 saturated carbocycles. The summed E-state index contributed by atoms with van der Waals surface area (Å²) in [7, 11) is 2.20. The average molecular weight is 263 g/mol. The Morgan fingerprint density at radius 3 is 2.79 bits per heavy atom. The van der Waals surface area contributed by atoms with E-state index in [4.69, 9.17) is 10.7 Å². The standard InChI is InChI=1S/C14H25N5/c1-17-7-9-18(10-8-17)6-4-12-11-19-5-2-3-13(15)14(19)16-12/h11,13H,2-10,15H2,1H3. The van der Waals surface area contributed by atoms with Gasteiger partial charge in [0.15, 0.2) is 0 Å². The van der Waals surface area contributed by atoms with Gasteiger partial charge >= 0.3 is 0 Å². The molecule has 0 bridgehead atoms. The van der Waals surface area contributed by atoms with Gasteiger partial charge in [-0.05, 0) is 19.9 Å². The maximum absolute atomic E-state index is 6.11. The number of rotatable bonds is 3. The minimum Gasteiger partial charge on any atom is -0.333 e. The molecule has 19 heavy (non-hydrogen) atoms. The number of fused-ring (bicyclic) bond motifs is 1. The second kappa shape index (κ2) is 5.61. The lowest BCUT2D eigenvalue weighted by molar-refractivity contribution is 0.155. The molecule has 0 aliphatic carbocycles. The van der Waals surface area contributed by atoms with Gasteiger partial charge in [0.25, 0.3) is 0 Å². The quantitative estimate of drug-likeness (QED) is 0.861. The van der Waals surface area contributed by atoms with Crippen LogP contribution in [0, 0.1) is 0 Å². The number of nitrogens with zero attached hydrogens (tertiary/aromatic N) is 4. The van der Waals surface area contributed by atoms with E-state index in [0.29, 0.717) is 0 Å². The zero-order valence-corrected chi connectivity index (χ0v) is 11.9. The summed E-state index contributed by atoms with van der Waals surface area (Å²) in [5.74, 6) is 1.10. The van der Waals surface area contributed by atoms with E-state index in [1.165, 1.54) is 38.3 Å². The fraction of sp³-hybridized carbons (Fsp3) is 0.786. The van der Waals surface area contributed by atoms with E-state index in [1.54, 1.807) is 0 Å². The first-order chi connectivity index (χ1) is 9.22. The van der Waals surface area contributed by atoms with Gasteiger partial charge in [0.2, 0.25) is 0 Å². The van der Waals surface area contributed by atoms with E-state index in [2.05, 4.69) is 27.6 Å². The van der Waals surface area contributed by atoms with Crippen LogP contribution in [-0.2, 0) is 13.0 Å². The number of imidazole rings is 1. The number of hydrogen-bond donors (Lipinski definition) is 1. The highest BCUT2D eigenvalue weighted by Crippen LogP contribution is 2.22. The number of hydrogen-bond acceptors (Lipinski definition) is 4. The van der Waals surface area contributed by atoms with E-state index in [0.717, 1.165) is 31.8 Å². The van der Waals surface area contributed by atoms with Crippen molar-refractivity contribution < 1.29 is 0 Å². The van der Waals surface area contributed by atoms with Crippen molar-refractivity contribution in [3.05, 3.63) is 17.7 Å². The summed E-state index contributed by atoms with van der Waals surface area (Å²) in [6, 6.07) is 0.145. The molecule has 1 unspecified atom stereocenters. The number of aromatic nitrogens is 2. The summed E-state index contributed by atoms with van der Waals surface area (Å²) >= 11 is 0. The Morgan fingerprint density at radius 1 is 1.26 bits per heavy atom. The smallest absolute Gasteiger partial charge is 0.125 e. The van der Waals surface area contributed by atoms with Crippen molar-refractivity contribution in [2.45, 2.75) is 31.8 Å². The van der Waals surface area contributed by atoms with Crippen LogP contribution in [0.3, 0.4) is 0 Å². The fourth-order valence-corrected chi connectivity index (χ4v) is 3.04. The molecule has 0 radical (unpaired) electrons. The summed E-state index contributed by atoms with van der Waals surface area (Å²) in [5.41, 5.74) is 7.33. The summed E-state index contributed by atoms with van der Waals surface area (Å²) in [5, 5.41) is 0. The topological polar surface area (TPSA) is 50.3 Å². The molecule has 1 aromatic rings. The maximum atomic E-state index is 6.11. The van der Waals surface area contributed by atoms with Crippen LogP contribution in [0.4, 0.5) is 0 Å². The van der Waals surface area contributed by atoms with E-state index in [1.807, 2.05) is 0 Å². The Morgan fingerprint density at radius 2 is 2.05 bits per heavy atom. The van der Waals surface area contributed by atoms with Gasteiger partial charge in [0.1, 0.15) is 5.82 Å². The first-order valence-corrected chi connectivity index (χ1v) is 7.45. The minimum absolute atomic E-state index is 0.145. The molecule has 5 heteroatoms. The molecule has 0 spiro atoms. The first-order valence-electron chi connectivity index (χ1n) is 7.45. The molecule has 2 aliphatic rings. The highest BCUT2D eigenvalue weighted by molar-refractivity contribution is 5.09. The Balaban J connectivity index is 1.56. The number of piperazine rings is 1. The normalized spacial score (nSPS) is 25.5. The lowest BCUT2D eigenvalue weighted by Crippen LogP contribution is -2.45. The zero-order valence-electron chi connectivity index (χ0n) is 11.9. The van der Waals surface area contributed by atoms with Gasteiger partial charge in [-0.15, -0.1) is 0 Å². The second-order valence-electron chi connectivity index (χ2n) is 5.93. The third-order valence-electron chi connectivity index (χ3n) is 4.38. The number of likely N-dealkylation sites (N-methyl/N-ethyl adjacent to an activating group) is 1.